The number of carbonyl (C=O) groups is 2. The summed E-state index contributed by atoms with van der Waals surface area (Å²) in [4.78, 5) is 28.0. The molecule has 7 nitrogen and oxygen atoms in total. The van der Waals surface area contributed by atoms with E-state index in [-0.39, 0.29) is 29.8 Å². The maximum Gasteiger partial charge on any atom is 0.258 e. The third-order valence-electron chi connectivity index (χ3n) is 8.87. The van der Waals surface area contributed by atoms with Crippen molar-refractivity contribution in [3.8, 4) is 11.5 Å². The number of nitrogens with two attached hydrogens (primary N) is 1. The summed E-state index contributed by atoms with van der Waals surface area (Å²) in [5.41, 5.74) is 10.3. The van der Waals surface area contributed by atoms with Gasteiger partial charge in [-0.15, -0.1) is 0 Å². The zero-order chi connectivity index (χ0) is 30.1. The Morgan fingerprint density at radius 2 is 1.49 bits per heavy atom. The van der Waals surface area contributed by atoms with Gasteiger partial charge in [0, 0.05) is 45.5 Å². The standard InChI is InChI=1S/C36H37N3O4/c1-23(11-10-18-35(37)40)31-22-32(38-28-15-7-4-12-25(28)26-13-5-8-16-29(26)38)27-14-6-9-17-30(27)39(31)36(41)24-19-20-33(42-2)34(21-24)43-3/h4-9,12-17,19-21,23,31-32H,10-11,18,22H2,1-3H3,(H2,37,40). The average molecular weight is 576 g/mol. The number of carbonyl (C=O) groups excluding carboxylic acids is 2. The number of fused-ring (bicyclic) bond motifs is 4. The van der Waals surface area contributed by atoms with Gasteiger partial charge in [0.05, 0.1) is 20.3 Å². The van der Waals surface area contributed by atoms with E-state index in [0.29, 0.717) is 29.9 Å². The molecule has 4 aromatic carbocycles. The van der Waals surface area contributed by atoms with Gasteiger partial charge in [-0.05, 0) is 67.1 Å². The van der Waals surface area contributed by atoms with E-state index in [4.69, 9.17) is 15.2 Å². The molecule has 7 heteroatoms. The number of anilines is 1. The smallest absolute Gasteiger partial charge is 0.258 e. The van der Waals surface area contributed by atoms with Crippen molar-refractivity contribution < 1.29 is 19.1 Å². The molecular formula is C36H37N3O4. The molecule has 0 fully saturated rings. The molecule has 3 unspecified atom stereocenters. The van der Waals surface area contributed by atoms with Crippen LogP contribution in [-0.2, 0) is 4.79 Å². The van der Waals surface area contributed by atoms with Gasteiger partial charge < -0.3 is 24.7 Å². The van der Waals surface area contributed by atoms with Crippen molar-refractivity contribution in [2.75, 3.05) is 19.1 Å². The Labute approximate surface area is 251 Å². The predicted octanol–water partition coefficient (Wildman–Crippen LogP) is 7.11. The molecule has 0 radical (unpaired) electrons. The number of hydrogen-bond acceptors (Lipinski definition) is 4. The fraction of sp³-hybridized carbons (Fsp3) is 0.278. The molecule has 0 spiro atoms. The highest BCUT2D eigenvalue weighted by Crippen LogP contribution is 2.46. The highest BCUT2D eigenvalue weighted by atomic mass is 16.5. The second-order valence-corrected chi connectivity index (χ2v) is 11.4. The minimum Gasteiger partial charge on any atom is -0.493 e. The maximum absolute atomic E-state index is 14.5. The molecule has 220 valence electrons. The van der Waals surface area contributed by atoms with Gasteiger partial charge in [0.25, 0.3) is 5.91 Å². The number of ether oxygens (including phenoxy) is 2. The van der Waals surface area contributed by atoms with Crippen LogP contribution < -0.4 is 20.1 Å². The molecule has 0 saturated heterocycles. The van der Waals surface area contributed by atoms with E-state index >= 15 is 0 Å². The number of rotatable bonds is 9. The van der Waals surface area contributed by atoms with Crippen LogP contribution in [0.3, 0.4) is 0 Å². The third-order valence-corrected chi connectivity index (χ3v) is 8.87. The first-order valence-corrected chi connectivity index (χ1v) is 14.8. The van der Waals surface area contributed by atoms with Gasteiger partial charge in [0.2, 0.25) is 5.91 Å². The van der Waals surface area contributed by atoms with Crippen LogP contribution in [0.15, 0.2) is 91.0 Å². The molecule has 2 amide bonds. The summed E-state index contributed by atoms with van der Waals surface area (Å²) >= 11 is 0. The third kappa shape index (κ3) is 5.09. The Morgan fingerprint density at radius 1 is 0.860 bits per heavy atom. The monoisotopic (exact) mass is 575 g/mol. The lowest BCUT2D eigenvalue weighted by atomic mass is 9.82. The summed E-state index contributed by atoms with van der Waals surface area (Å²) in [7, 11) is 3.15. The van der Waals surface area contributed by atoms with E-state index in [0.717, 1.165) is 24.1 Å². The van der Waals surface area contributed by atoms with Crippen LogP contribution in [-0.4, -0.2) is 36.6 Å². The van der Waals surface area contributed by atoms with Crippen LogP contribution in [0.1, 0.15) is 54.6 Å². The van der Waals surface area contributed by atoms with Crippen molar-refractivity contribution in [2.45, 2.75) is 44.7 Å². The average Bonchev–Trinajstić information content (AvgIpc) is 3.37. The molecule has 1 aromatic heterocycles. The lowest BCUT2D eigenvalue weighted by Crippen LogP contribution is -2.49. The summed E-state index contributed by atoms with van der Waals surface area (Å²) in [6.45, 7) is 2.18. The van der Waals surface area contributed by atoms with Crippen LogP contribution in [0.4, 0.5) is 5.69 Å². The van der Waals surface area contributed by atoms with Crippen molar-refractivity contribution in [1.29, 1.82) is 0 Å². The van der Waals surface area contributed by atoms with Gasteiger partial charge in [-0.2, -0.15) is 0 Å². The van der Waals surface area contributed by atoms with Crippen molar-refractivity contribution in [3.05, 3.63) is 102 Å². The highest BCUT2D eigenvalue weighted by molar-refractivity contribution is 6.09. The first kappa shape index (κ1) is 28.3. The van der Waals surface area contributed by atoms with Crippen LogP contribution in [0, 0.1) is 5.92 Å². The van der Waals surface area contributed by atoms with Crippen molar-refractivity contribution in [3.63, 3.8) is 0 Å². The van der Waals surface area contributed by atoms with Crippen LogP contribution in [0.2, 0.25) is 0 Å². The molecule has 0 aliphatic carbocycles. The molecule has 6 rings (SSSR count). The van der Waals surface area contributed by atoms with Gasteiger partial charge in [0.1, 0.15) is 0 Å². The second-order valence-electron chi connectivity index (χ2n) is 11.4. The molecule has 5 aromatic rings. The zero-order valence-corrected chi connectivity index (χ0v) is 24.8. The molecule has 1 aliphatic heterocycles. The fourth-order valence-electron chi connectivity index (χ4n) is 6.81. The zero-order valence-electron chi connectivity index (χ0n) is 24.8. The van der Waals surface area contributed by atoms with E-state index in [2.05, 4.69) is 78.2 Å². The normalized spacial score (nSPS) is 17.0. The van der Waals surface area contributed by atoms with Crippen molar-refractivity contribution in [2.24, 2.45) is 11.7 Å². The Hall–Kier alpha value is -4.78. The first-order valence-electron chi connectivity index (χ1n) is 14.8. The molecule has 43 heavy (non-hydrogen) atoms. The van der Waals surface area contributed by atoms with Gasteiger partial charge in [-0.25, -0.2) is 0 Å². The maximum atomic E-state index is 14.5. The summed E-state index contributed by atoms with van der Waals surface area (Å²) in [6, 6.07) is 30.5. The molecule has 3 atom stereocenters. The first-order chi connectivity index (χ1) is 20.9. The molecule has 1 aliphatic rings. The number of nitrogens with zero attached hydrogens (tertiary/aromatic N) is 2. The minimum atomic E-state index is -0.303. The highest BCUT2D eigenvalue weighted by Gasteiger charge is 2.40. The van der Waals surface area contributed by atoms with E-state index in [1.807, 2.05) is 11.0 Å². The molecule has 2 heterocycles. The van der Waals surface area contributed by atoms with E-state index in [9.17, 15) is 9.59 Å². The second kappa shape index (κ2) is 11.8. The number of methoxy groups -OCH3 is 2. The number of hydrogen-bond donors (Lipinski definition) is 1. The van der Waals surface area contributed by atoms with E-state index in [1.54, 1.807) is 32.4 Å². The topological polar surface area (TPSA) is 86.8 Å². The van der Waals surface area contributed by atoms with Crippen molar-refractivity contribution >= 4 is 39.3 Å². The molecule has 2 N–H and O–H groups in total. The Morgan fingerprint density at radius 3 is 2.14 bits per heavy atom. The summed E-state index contributed by atoms with van der Waals surface area (Å²) in [5.74, 6) is 0.782. The summed E-state index contributed by atoms with van der Waals surface area (Å²) < 4.78 is 13.4. The molecule has 0 bridgehead atoms. The van der Waals surface area contributed by atoms with Gasteiger partial charge in [-0.3, -0.25) is 9.59 Å². The minimum absolute atomic E-state index is 0.000885. The largest absolute Gasteiger partial charge is 0.493 e. The summed E-state index contributed by atoms with van der Waals surface area (Å²) in [6.07, 6.45) is 2.49. The fourth-order valence-corrected chi connectivity index (χ4v) is 6.81. The lowest BCUT2D eigenvalue weighted by Gasteiger charge is -2.44. The van der Waals surface area contributed by atoms with Gasteiger partial charge in [-0.1, -0.05) is 61.5 Å². The molecular weight excluding hydrogens is 538 g/mol. The van der Waals surface area contributed by atoms with Gasteiger partial charge in [0.15, 0.2) is 11.5 Å². The van der Waals surface area contributed by atoms with Crippen LogP contribution in [0.5, 0.6) is 11.5 Å². The lowest BCUT2D eigenvalue weighted by molar-refractivity contribution is -0.118. The number of aromatic nitrogens is 1. The van der Waals surface area contributed by atoms with E-state index < -0.39 is 0 Å². The van der Waals surface area contributed by atoms with E-state index in [1.165, 1.54) is 21.8 Å². The Kier molecular flexibility index (Phi) is 7.80. The number of primary amides is 1. The quantitative estimate of drug-likeness (QED) is 0.203. The number of amides is 2. The SMILES string of the molecule is COc1ccc(C(=O)N2c3ccccc3C(n3c4ccccc4c4ccccc43)CC2C(C)CCCC(N)=O)cc1OC. The number of para-hydroxylation sites is 3. The van der Waals surface area contributed by atoms with Gasteiger partial charge >= 0.3 is 0 Å². The summed E-state index contributed by atoms with van der Waals surface area (Å²) in [5, 5.41) is 2.43. The molecule has 0 saturated carbocycles. The Bertz CT molecular complexity index is 1760. The van der Waals surface area contributed by atoms with Crippen LogP contribution in [0.25, 0.3) is 21.8 Å². The Balaban J connectivity index is 1.51. The van der Waals surface area contributed by atoms with Crippen LogP contribution >= 0.6 is 0 Å². The van der Waals surface area contributed by atoms with Crippen molar-refractivity contribution in [1.82, 2.24) is 4.57 Å². The predicted molar refractivity (Wildman–Crippen MR) is 171 cm³/mol. The number of benzene rings is 4.